The Morgan fingerprint density at radius 2 is 2.18 bits per heavy atom. The fraction of sp³-hybridized carbons (Fsp3) is 0.333. The van der Waals surface area contributed by atoms with Crippen molar-refractivity contribution in [3.05, 3.63) is 47.8 Å². The standard InChI is InChI=1S/C12H14FN3O/c1-16-12(14-8-15-16)6-9(7-17)10-4-2-3-5-11(10)13/h2-5,8-9,17H,6-7H2,1H3. The molecule has 0 radical (unpaired) electrons. The van der Waals surface area contributed by atoms with Crippen LogP contribution in [0.4, 0.5) is 4.39 Å². The summed E-state index contributed by atoms with van der Waals surface area (Å²) in [5.41, 5.74) is 0.512. The van der Waals surface area contributed by atoms with Crippen molar-refractivity contribution in [2.75, 3.05) is 6.61 Å². The number of aromatic nitrogens is 3. The van der Waals surface area contributed by atoms with E-state index in [1.54, 1.807) is 29.9 Å². The summed E-state index contributed by atoms with van der Waals surface area (Å²) < 4.78 is 15.2. The van der Waals surface area contributed by atoms with E-state index in [0.29, 0.717) is 12.0 Å². The lowest BCUT2D eigenvalue weighted by Gasteiger charge is -2.14. The van der Waals surface area contributed by atoms with Gasteiger partial charge in [0.1, 0.15) is 18.0 Å². The molecule has 5 heteroatoms. The molecule has 2 rings (SSSR count). The Bertz CT molecular complexity index is 498. The number of aryl methyl sites for hydroxylation is 1. The molecule has 1 heterocycles. The fourth-order valence-corrected chi connectivity index (χ4v) is 1.80. The van der Waals surface area contributed by atoms with Gasteiger partial charge in [-0.05, 0) is 11.6 Å². The van der Waals surface area contributed by atoms with Crippen molar-refractivity contribution >= 4 is 0 Å². The van der Waals surface area contributed by atoms with Gasteiger partial charge in [0, 0.05) is 19.4 Å². The van der Waals surface area contributed by atoms with Gasteiger partial charge in [0.05, 0.1) is 6.61 Å². The minimum atomic E-state index is -0.297. The molecule has 1 atom stereocenters. The Morgan fingerprint density at radius 1 is 1.41 bits per heavy atom. The third-order valence-electron chi connectivity index (χ3n) is 2.80. The van der Waals surface area contributed by atoms with E-state index in [9.17, 15) is 9.50 Å². The largest absolute Gasteiger partial charge is 0.396 e. The Labute approximate surface area is 98.7 Å². The Kier molecular flexibility index (Phi) is 3.49. The second-order valence-corrected chi connectivity index (χ2v) is 3.91. The van der Waals surface area contributed by atoms with Gasteiger partial charge in [-0.15, -0.1) is 0 Å². The maximum Gasteiger partial charge on any atom is 0.138 e. The van der Waals surface area contributed by atoms with Crippen LogP contribution in [0.15, 0.2) is 30.6 Å². The van der Waals surface area contributed by atoms with Crippen molar-refractivity contribution in [1.82, 2.24) is 14.8 Å². The van der Waals surface area contributed by atoms with E-state index in [1.165, 1.54) is 12.4 Å². The first kappa shape index (κ1) is 11.7. The van der Waals surface area contributed by atoms with Gasteiger partial charge in [-0.3, -0.25) is 4.68 Å². The van der Waals surface area contributed by atoms with Gasteiger partial charge >= 0.3 is 0 Å². The molecule has 1 N–H and O–H groups in total. The van der Waals surface area contributed by atoms with Crippen molar-refractivity contribution in [3.8, 4) is 0 Å². The molecule has 17 heavy (non-hydrogen) atoms. The minimum Gasteiger partial charge on any atom is -0.396 e. The lowest BCUT2D eigenvalue weighted by atomic mass is 9.96. The van der Waals surface area contributed by atoms with Crippen LogP contribution < -0.4 is 0 Å². The summed E-state index contributed by atoms with van der Waals surface area (Å²) in [5, 5.41) is 13.3. The van der Waals surface area contributed by atoms with Gasteiger partial charge in [0.2, 0.25) is 0 Å². The molecule has 0 saturated heterocycles. The summed E-state index contributed by atoms with van der Waals surface area (Å²) in [6, 6.07) is 6.48. The van der Waals surface area contributed by atoms with Crippen LogP contribution in [0.5, 0.6) is 0 Å². The van der Waals surface area contributed by atoms with Crippen molar-refractivity contribution in [3.63, 3.8) is 0 Å². The highest BCUT2D eigenvalue weighted by Gasteiger charge is 2.17. The van der Waals surface area contributed by atoms with E-state index in [1.807, 2.05) is 0 Å². The van der Waals surface area contributed by atoms with Gasteiger partial charge in [-0.1, -0.05) is 18.2 Å². The number of hydrogen-bond donors (Lipinski definition) is 1. The smallest absolute Gasteiger partial charge is 0.138 e. The molecule has 0 amide bonds. The molecule has 90 valence electrons. The highest BCUT2D eigenvalue weighted by atomic mass is 19.1. The summed E-state index contributed by atoms with van der Waals surface area (Å²) in [6.45, 7) is -0.117. The zero-order valence-corrected chi connectivity index (χ0v) is 9.55. The molecular formula is C12H14FN3O. The molecule has 2 aromatic rings. The van der Waals surface area contributed by atoms with Crippen LogP contribution in [0.1, 0.15) is 17.3 Å². The molecule has 0 bridgehead atoms. The second kappa shape index (κ2) is 5.05. The van der Waals surface area contributed by atoms with Crippen molar-refractivity contribution in [1.29, 1.82) is 0 Å². The van der Waals surface area contributed by atoms with Gasteiger partial charge in [-0.2, -0.15) is 5.10 Å². The number of nitrogens with zero attached hydrogens (tertiary/aromatic N) is 3. The number of rotatable bonds is 4. The number of hydrogen-bond acceptors (Lipinski definition) is 3. The van der Waals surface area contributed by atoms with Crippen LogP contribution in [0.25, 0.3) is 0 Å². The third kappa shape index (κ3) is 2.50. The molecule has 0 spiro atoms. The summed E-state index contributed by atoms with van der Waals surface area (Å²) in [6.07, 6.45) is 1.92. The molecule has 0 aliphatic heterocycles. The number of benzene rings is 1. The summed E-state index contributed by atoms with van der Waals surface area (Å²) in [5.74, 6) is 0.139. The average Bonchev–Trinajstić information content (AvgIpc) is 2.73. The van der Waals surface area contributed by atoms with Gasteiger partial charge in [-0.25, -0.2) is 9.37 Å². The van der Waals surface area contributed by atoms with Crippen LogP contribution in [0, 0.1) is 5.82 Å². The van der Waals surface area contributed by atoms with Gasteiger partial charge in [0.15, 0.2) is 0 Å². The van der Waals surface area contributed by atoms with Crippen LogP contribution in [0.2, 0.25) is 0 Å². The van der Waals surface area contributed by atoms with Crippen LogP contribution in [-0.2, 0) is 13.5 Å². The Balaban J connectivity index is 2.23. The predicted octanol–water partition coefficient (Wildman–Crippen LogP) is 1.27. The van der Waals surface area contributed by atoms with Crippen LogP contribution in [0.3, 0.4) is 0 Å². The van der Waals surface area contributed by atoms with E-state index in [0.717, 1.165) is 5.82 Å². The zero-order valence-electron chi connectivity index (χ0n) is 9.55. The molecule has 0 saturated carbocycles. The maximum absolute atomic E-state index is 13.6. The lowest BCUT2D eigenvalue weighted by Crippen LogP contribution is -2.13. The first-order valence-electron chi connectivity index (χ1n) is 5.40. The van der Waals surface area contributed by atoms with E-state index in [4.69, 9.17) is 0 Å². The minimum absolute atomic E-state index is 0.117. The van der Waals surface area contributed by atoms with Crippen molar-refractivity contribution < 1.29 is 9.50 Å². The first-order chi connectivity index (χ1) is 8.22. The first-order valence-corrected chi connectivity index (χ1v) is 5.40. The average molecular weight is 235 g/mol. The molecule has 1 aromatic carbocycles. The highest BCUT2D eigenvalue weighted by Crippen LogP contribution is 2.21. The van der Waals surface area contributed by atoms with E-state index >= 15 is 0 Å². The summed E-state index contributed by atoms with van der Waals surface area (Å²) in [4.78, 5) is 4.08. The van der Waals surface area contributed by atoms with Crippen LogP contribution in [-0.4, -0.2) is 26.5 Å². The quantitative estimate of drug-likeness (QED) is 0.868. The predicted molar refractivity (Wildman–Crippen MR) is 60.9 cm³/mol. The fourth-order valence-electron chi connectivity index (χ4n) is 1.80. The van der Waals surface area contributed by atoms with E-state index in [-0.39, 0.29) is 18.3 Å². The molecule has 4 nitrogen and oxygen atoms in total. The van der Waals surface area contributed by atoms with Gasteiger partial charge < -0.3 is 5.11 Å². The molecule has 1 aromatic heterocycles. The SMILES string of the molecule is Cn1ncnc1CC(CO)c1ccccc1F. The summed E-state index contributed by atoms with van der Waals surface area (Å²) >= 11 is 0. The van der Waals surface area contributed by atoms with Crippen molar-refractivity contribution in [2.24, 2.45) is 7.05 Å². The zero-order chi connectivity index (χ0) is 12.3. The third-order valence-corrected chi connectivity index (χ3v) is 2.80. The number of halogens is 1. The summed E-state index contributed by atoms with van der Waals surface area (Å²) in [7, 11) is 1.78. The Morgan fingerprint density at radius 3 is 2.76 bits per heavy atom. The normalized spacial score (nSPS) is 12.6. The molecule has 0 aliphatic carbocycles. The van der Waals surface area contributed by atoms with Gasteiger partial charge in [0.25, 0.3) is 0 Å². The monoisotopic (exact) mass is 235 g/mol. The molecule has 1 unspecified atom stereocenters. The topological polar surface area (TPSA) is 50.9 Å². The molecule has 0 fully saturated rings. The van der Waals surface area contributed by atoms with Crippen molar-refractivity contribution in [2.45, 2.75) is 12.3 Å². The second-order valence-electron chi connectivity index (χ2n) is 3.91. The highest BCUT2D eigenvalue weighted by molar-refractivity contribution is 5.22. The molecule has 0 aliphatic rings. The van der Waals surface area contributed by atoms with E-state index in [2.05, 4.69) is 10.1 Å². The van der Waals surface area contributed by atoms with Crippen LogP contribution >= 0.6 is 0 Å². The Hall–Kier alpha value is -1.75. The number of aliphatic hydroxyl groups excluding tert-OH is 1. The molecular weight excluding hydrogens is 221 g/mol. The lowest BCUT2D eigenvalue weighted by molar-refractivity contribution is 0.259. The van der Waals surface area contributed by atoms with E-state index < -0.39 is 0 Å². The number of aliphatic hydroxyl groups is 1. The maximum atomic E-state index is 13.6.